The lowest BCUT2D eigenvalue weighted by Crippen LogP contribution is -2.47. The van der Waals surface area contributed by atoms with Crippen molar-refractivity contribution in [1.29, 1.82) is 0 Å². The molecule has 2 saturated carbocycles. The van der Waals surface area contributed by atoms with Gasteiger partial charge in [0.15, 0.2) is 0 Å². The SMILES string of the molecule is CC1CCCC(N)(C2CCCCC2)CC1. The van der Waals surface area contributed by atoms with Gasteiger partial charge < -0.3 is 5.73 Å². The minimum Gasteiger partial charge on any atom is -0.325 e. The first-order valence-corrected chi connectivity index (χ1v) is 6.99. The fourth-order valence-electron chi connectivity index (χ4n) is 3.65. The molecule has 0 spiro atoms. The molecule has 0 bridgehead atoms. The van der Waals surface area contributed by atoms with Gasteiger partial charge in [-0.15, -0.1) is 0 Å². The smallest absolute Gasteiger partial charge is 0.0182 e. The van der Waals surface area contributed by atoms with E-state index in [1.54, 1.807) is 0 Å². The van der Waals surface area contributed by atoms with Crippen molar-refractivity contribution in [3.63, 3.8) is 0 Å². The van der Waals surface area contributed by atoms with E-state index in [1.807, 2.05) is 0 Å². The van der Waals surface area contributed by atoms with Crippen molar-refractivity contribution in [2.45, 2.75) is 76.7 Å². The van der Waals surface area contributed by atoms with Crippen LogP contribution < -0.4 is 5.73 Å². The predicted octanol–water partition coefficient (Wildman–Crippen LogP) is 3.86. The Labute approximate surface area is 94.8 Å². The van der Waals surface area contributed by atoms with Crippen LogP contribution in [-0.4, -0.2) is 5.54 Å². The van der Waals surface area contributed by atoms with Crippen LogP contribution >= 0.6 is 0 Å². The number of hydrogen-bond acceptors (Lipinski definition) is 1. The summed E-state index contributed by atoms with van der Waals surface area (Å²) >= 11 is 0. The highest BCUT2D eigenvalue weighted by Gasteiger charge is 2.36. The van der Waals surface area contributed by atoms with Gasteiger partial charge in [0.25, 0.3) is 0 Å². The summed E-state index contributed by atoms with van der Waals surface area (Å²) in [5.41, 5.74) is 6.91. The van der Waals surface area contributed by atoms with E-state index in [-0.39, 0.29) is 5.54 Å². The van der Waals surface area contributed by atoms with E-state index in [0.717, 1.165) is 11.8 Å². The summed E-state index contributed by atoms with van der Waals surface area (Å²) in [6.07, 6.45) is 13.9. The van der Waals surface area contributed by atoms with Gasteiger partial charge in [0.1, 0.15) is 0 Å². The number of hydrogen-bond donors (Lipinski definition) is 1. The first-order valence-electron chi connectivity index (χ1n) is 6.99. The van der Waals surface area contributed by atoms with Crippen LogP contribution in [0.1, 0.15) is 71.1 Å². The molecule has 0 aromatic carbocycles. The summed E-state index contributed by atoms with van der Waals surface area (Å²) in [5.74, 6) is 1.76. The summed E-state index contributed by atoms with van der Waals surface area (Å²) in [5, 5.41) is 0. The van der Waals surface area contributed by atoms with Gasteiger partial charge in [-0.3, -0.25) is 0 Å². The van der Waals surface area contributed by atoms with Gasteiger partial charge in [0.05, 0.1) is 0 Å². The Morgan fingerprint density at radius 1 is 0.867 bits per heavy atom. The van der Waals surface area contributed by atoms with E-state index in [0.29, 0.717) is 0 Å². The molecule has 0 amide bonds. The molecule has 0 aromatic heterocycles. The van der Waals surface area contributed by atoms with E-state index in [4.69, 9.17) is 5.73 Å². The lowest BCUT2D eigenvalue weighted by atomic mass is 9.71. The molecule has 2 unspecified atom stereocenters. The third-order valence-corrected chi connectivity index (χ3v) is 4.86. The molecule has 15 heavy (non-hydrogen) atoms. The van der Waals surface area contributed by atoms with Crippen molar-refractivity contribution in [3.8, 4) is 0 Å². The zero-order chi connectivity index (χ0) is 10.7. The first-order chi connectivity index (χ1) is 7.21. The molecule has 2 aliphatic carbocycles. The van der Waals surface area contributed by atoms with Crippen molar-refractivity contribution in [2.75, 3.05) is 0 Å². The Hall–Kier alpha value is -0.0400. The topological polar surface area (TPSA) is 26.0 Å². The van der Waals surface area contributed by atoms with E-state index in [1.165, 1.54) is 64.2 Å². The van der Waals surface area contributed by atoms with Crippen LogP contribution in [0.5, 0.6) is 0 Å². The second kappa shape index (κ2) is 4.86. The molecule has 88 valence electrons. The van der Waals surface area contributed by atoms with Gasteiger partial charge in [-0.2, -0.15) is 0 Å². The molecule has 1 nitrogen and oxygen atoms in total. The van der Waals surface area contributed by atoms with Crippen LogP contribution in [0, 0.1) is 11.8 Å². The van der Waals surface area contributed by atoms with Crippen LogP contribution in [0.2, 0.25) is 0 Å². The molecular formula is C14H27N. The zero-order valence-electron chi connectivity index (χ0n) is 10.3. The quantitative estimate of drug-likeness (QED) is 0.652. The molecule has 0 heterocycles. The number of rotatable bonds is 1. The second-order valence-electron chi connectivity index (χ2n) is 6.10. The van der Waals surface area contributed by atoms with Crippen LogP contribution in [0.15, 0.2) is 0 Å². The van der Waals surface area contributed by atoms with E-state index in [2.05, 4.69) is 6.92 Å². The first kappa shape index (κ1) is 11.4. The van der Waals surface area contributed by atoms with Crippen LogP contribution in [0.3, 0.4) is 0 Å². The van der Waals surface area contributed by atoms with Crippen molar-refractivity contribution in [2.24, 2.45) is 17.6 Å². The standard InChI is InChI=1S/C14H27N/c1-12-6-5-10-14(15,11-9-12)13-7-3-2-4-8-13/h12-13H,2-11,15H2,1H3. The normalized spacial score (nSPS) is 40.0. The zero-order valence-corrected chi connectivity index (χ0v) is 10.3. The molecule has 0 saturated heterocycles. The summed E-state index contributed by atoms with van der Waals surface area (Å²) in [4.78, 5) is 0. The molecule has 2 aliphatic rings. The number of nitrogens with two attached hydrogens (primary N) is 1. The predicted molar refractivity (Wildman–Crippen MR) is 65.7 cm³/mol. The van der Waals surface area contributed by atoms with Crippen molar-refractivity contribution >= 4 is 0 Å². The lowest BCUT2D eigenvalue weighted by Gasteiger charge is -2.39. The molecule has 1 heteroatoms. The van der Waals surface area contributed by atoms with Crippen molar-refractivity contribution in [1.82, 2.24) is 0 Å². The Kier molecular flexibility index (Phi) is 3.71. The van der Waals surface area contributed by atoms with Gasteiger partial charge in [-0.1, -0.05) is 39.0 Å². The molecule has 2 N–H and O–H groups in total. The average Bonchev–Trinajstić information content (AvgIpc) is 2.44. The maximum atomic E-state index is 6.70. The second-order valence-corrected chi connectivity index (χ2v) is 6.10. The van der Waals surface area contributed by atoms with Crippen LogP contribution in [-0.2, 0) is 0 Å². The summed E-state index contributed by atoms with van der Waals surface area (Å²) in [7, 11) is 0. The summed E-state index contributed by atoms with van der Waals surface area (Å²) in [6, 6.07) is 0. The lowest BCUT2D eigenvalue weighted by molar-refractivity contribution is 0.182. The third-order valence-electron chi connectivity index (χ3n) is 4.86. The van der Waals surface area contributed by atoms with Crippen molar-refractivity contribution < 1.29 is 0 Å². The average molecular weight is 209 g/mol. The minimum absolute atomic E-state index is 0.213. The Balaban J connectivity index is 1.97. The van der Waals surface area contributed by atoms with Gasteiger partial charge in [0.2, 0.25) is 0 Å². The molecule has 0 radical (unpaired) electrons. The highest BCUT2D eigenvalue weighted by atomic mass is 14.8. The Morgan fingerprint density at radius 3 is 2.33 bits per heavy atom. The molecule has 0 aliphatic heterocycles. The Morgan fingerprint density at radius 2 is 1.60 bits per heavy atom. The highest BCUT2D eigenvalue weighted by Crippen LogP contribution is 2.40. The maximum Gasteiger partial charge on any atom is 0.0182 e. The van der Waals surface area contributed by atoms with Crippen molar-refractivity contribution in [3.05, 3.63) is 0 Å². The fraction of sp³-hybridized carbons (Fsp3) is 1.00. The molecule has 0 aromatic rings. The largest absolute Gasteiger partial charge is 0.325 e. The molecule has 2 rings (SSSR count). The van der Waals surface area contributed by atoms with Crippen LogP contribution in [0.25, 0.3) is 0 Å². The van der Waals surface area contributed by atoms with E-state index in [9.17, 15) is 0 Å². The summed E-state index contributed by atoms with van der Waals surface area (Å²) < 4.78 is 0. The van der Waals surface area contributed by atoms with Gasteiger partial charge in [0, 0.05) is 5.54 Å². The van der Waals surface area contributed by atoms with Gasteiger partial charge in [-0.05, 0) is 43.9 Å². The van der Waals surface area contributed by atoms with E-state index < -0.39 is 0 Å². The van der Waals surface area contributed by atoms with Crippen LogP contribution in [0.4, 0.5) is 0 Å². The minimum atomic E-state index is 0.213. The summed E-state index contributed by atoms with van der Waals surface area (Å²) in [6.45, 7) is 2.40. The molecule has 2 fully saturated rings. The van der Waals surface area contributed by atoms with Gasteiger partial charge >= 0.3 is 0 Å². The molecular weight excluding hydrogens is 182 g/mol. The fourth-order valence-corrected chi connectivity index (χ4v) is 3.65. The maximum absolute atomic E-state index is 6.70. The Bertz CT molecular complexity index is 196. The highest BCUT2D eigenvalue weighted by molar-refractivity contribution is 4.94. The van der Waals surface area contributed by atoms with E-state index >= 15 is 0 Å². The monoisotopic (exact) mass is 209 g/mol. The third kappa shape index (κ3) is 2.75. The van der Waals surface area contributed by atoms with Gasteiger partial charge in [-0.25, -0.2) is 0 Å². The molecule has 2 atom stereocenters.